The fraction of sp³-hybridized carbons (Fsp3) is 0.364. The molecule has 0 radical (unpaired) electrons. The van der Waals surface area contributed by atoms with Crippen LogP contribution >= 0.6 is 23.2 Å². The van der Waals surface area contributed by atoms with Gasteiger partial charge in [-0.2, -0.15) is 0 Å². The highest BCUT2D eigenvalue weighted by atomic mass is 35.5. The molecule has 0 saturated carbocycles. The van der Waals surface area contributed by atoms with Crippen LogP contribution in [0.4, 0.5) is 0 Å². The molecule has 0 heterocycles. The Morgan fingerprint density at radius 2 is 2.12 bits per heavy atom. The summed E-state index contributed by atoms with van der Waals surface area (Å²) in [5.74, 6) is 0.339. The average molecular weight is 263 g/mol. The third-order valence-corrected chi connectivity index (χ3v) is 2.38. The molecule has 5 heteroatoms. The molecule has 0 amide bonds. The van der Waals surface area contributed by atoms with Crippen molar-refractivity contribution in [1.29, 1.82) is 0 Å². The number of ether oxygens (including phenoxy) is 2. The van der Waals surface area contributed by atoms with Gasteiger partial charge in [-0.15, -0.1) is 0 Å². The molecule has 0 saturated heterocycles. The van der Waals surface area contributed by atoms with Crippen molar-refractivity contribution in [1.82, 2.24) is 0 Å². The van der Waals surface area contributed by atoms with Gasteiger partial charge in [-0.1, -0.05) is 23.2 Å². The smallest absolute Gasteiger partial charge is 0.153 e. The normalized spacial score (nSPS) is 12.2. The van der Waals surface area contributed by atoms with Gasteiger partial charge in [0, 0.05) is 12.1 Å². The highest BCUT2D eigenvalue weighted by Gasteiger charge is 2.13. The molecule has 1 aromatic carbocycles. The molecule has 3 nitrogen and oxygen atoms in total. The molecule has 0 bridgehead atoms. The molecule has 0 aliphatic rings. The van der Waals surface area contributed by atoms with Crippen LogP contribution < -0.4 is 4.74 Å². The van der Waals surface area contributed by atoms with Crippen LogP contribution in [0.15, 0.2) is 12.1 Å². The van der Waals surface area contributed by atoms with E-state index in [1.54, 1.807) is 7.11 Å². The molecule has 0 N–H and O–H groups in total. The van der Waals surface area contributed by atoms with Gasteiger partial charge >= 0.3 is 0 Å². The third-order valence-electron chi connectivity index (χ3n) is 1.88. The van der Waals surface area contributed by atoms with E-state index in [2.05, 4.69) is 0 Å². The van der Waals surface area contributed by atoms with E-state index in [1.165, 1.54) is 12.1 Å². The summed E-state index contributed by atoms with van der Waals surface area (Å²) in [6.45, 7) is 2.24. The SMILES string of the molecule is COCC(C)Oc1c(Cl)cc(Cl)cc1C=O. The fourth-order valence-electron chi connectivity index (χ4n) is 1.26. The van der Waals surface area contributed by atoms with Crippen LogP contribution in [0.2, 0.25) is 10.0 Å². The maximum atomic E-state index is 10.8. The third kappa shape index (κ3) is 3.37. The second-order valence-electron chi connectivity index (χ2n) is 3.31. The van der Waals surface area contributed by atoms with Crippen molar-refractivity contribution in [2.24, 2.45) is 0 Å². The molecule has 1 rings (SSSR count). The average Bonchev–Trinajstić information content (AvgIpc) is 2.22. The van der Waals surface area contributed by atoms with Gasteiger partial charge in [0.05, 0.1) is 17.2 Å². The first-order chi connectivity index (χ1) is 7.58. The summed E-state index contributed by atoms with van der Waals surface area (Å²) in [5.41, 5.74) is 0.334. The van der Waals surface area contributed by atoms with Gasteiger partial charge in [0.25, 0.3) is 0 Å². The van der Waals surface area contributed by atoms with Crippen LogP contribution in [0, 0.1) is 0 Å². The van der Waals surface area contributed by atoms with Crippen LogP contribution in [0.25, 0.3) is 0 Å². The summed E-state index contributed by atoms with van der Waals surface area (Å²) >= 11 is 11.7. The second-order valence-corrected chi connectivity index (χ2v) is 4.15. The first kappa shape index (κ1) is 13.3. The van der Waals surface area contributed by atoms with E-state index in [1.807, 2.05) is 6.92 Å². The maximum absolute atomic E-state index is 10.8. The molecule has 0 aliphatic heterocycles. The van der Waals surface area contributed by atoms with Gasteiger partial charge < -0.3 is 9.47 Å². The minimum Gasteiger partial charge on any atom is -0.486 e. The Hall–Kier alpha value is -0.770. The molecular weight excluding hydrogens is 251 g/mol. The zero-order chi connectivity index (χ0) is 12.1. The van der Waals surface area contributed by atoms with Crippen molar-refractivity contribution in [2.45, 2.75) is 13.0 Å². The predicted molar refractivity (Wildman–Crippen MR) is 63.8 cm³/mol. The Kier molecular flexibility index (Phi) is 5.06. The predicted octanol–water partition coefficient (Wildman–Crippen LogP) is 3.22. The van der Waals surface area contributed by atoms with Crippen LogP contribution in [-0.4, -0.2) is 26.1 Å². The van der Waals surface area contributed by atoms with Gasteiger partial charge in [-0.25, -0.2) is 0 Å². The molecule has 88 valence electrons. The Morgan fingerprint density at radius 1 is 1.44 bits per heavy atom. The summed E-state index contributed by atoms with van der Waals surface area (Å²) in [4.78, 5) is 10.8. The van der Waals surface area contributed by atoms with Gasteiger partial charge in [0.2, 0.25) is 0 Å². The minimum atomic E-state index is -0.192. The lowest BCUT2D eigenvalue weighted by atomic mass is 10.2. The molecule has 1 aromatic rings. The number of hydrogen-bond acceptors (Lipinski definition) is 3. The molecule has 1 unspecified atom stereocenters. The van der Waals surface area contributed by atoms with E-state index in [4.69, 9.17) is 32.7 Å². The number of hydrogen-bond donors (Lipinski definition) is 0. The van der Waals surface area contributed by atoms with E-state index in [-0.39, 0.29) is 6.10 Å². The Balaban J connectivity index is 2.98. The number of methoxy groups -OCH3 is 1. The molecule has 16 heavy (non-hydrogen) atoms. The van der Waals surface area contributed by atoms with Gasteiger partial charge in [-0.3, -0.25) is 4.79 Å². The summed E-state index contributed by atoms with van der Waals surface area (Å²) in [7, 11) is 1.57. The monoisotopic (exact) mass is 262 g/mol. The lowest BCUT2D eigenvalue weighted by molar-refractivity contribution is 0.0906. The second kappa shape index (κ2) is 6.09. The maximum Gasteiger partial charge on any atom is 0.153 e. The summed E-state index contributed by atoms with van der Waals surface area (Å²) in [6.07, 6.45) is 0.467. The first-order valence-corrected chi connectivity index (χ1v) is 5.44. The van der Waals surface area contributed by atoms with Gasteiger partial charge in [0.1, 0.15) is 11.9 Å². The van der Waals surface area contributed by atoms with Gasteiger partial charge in [0.15, 0.2) is 6.29 Å². The summed E-state index contributed by atoms with van der Waals surface area (Å²) < 4.78 is 10.4. The largest absolute Gasteiger partial charge is 0.486 e. The number of halogens is 2. The molecule has 0 aromatic heterocycles. The van der Waals surface area contributed by atoms with Crippen LogP contribution in [0.3, 0.4) is 0 Å². The van der Waals surface area contributed by atoms with Crippen molar-refractivity contribution in [3.8, 4) is 5.75 Å². The highest BCUT2D eigenvalue weighted by molar-refractivity contribution is 6.36. The quantitative estimate of drug-likeness (QED) is 0.765. The van der Waals surface area contributed by atoms with E-state index in [0.717, 1.165) is 0 Å². The van der Waals surface area contributed by atoms with E-state index < -0.39 is 0 Å². The minimum absolute atomic E-state index is 0.192. The molecule has 0 fully saturated rings. The zero-order valence-corrected chi connectivity index (χ0v) is 10.5. The van der Waals surface area contributed by atoms with Crippen molar-refractivity contribution in [3.63, 3.8) is 0 Å². The number of benzene rings is 1. The molecule has 0 aliphatic carbocycles. The first-order valence-electron chi connectivity index (χ1n) is 4.68. The number of carbonyl (C=O) groups is 1. The van der Waals surface area contributed by atoms with Crippen molar-refractivity contribution >= 4 is 29.5 Å². The fourth-order valence-corrected chi connectivity index (χ4v) is 1.82. The molecule has 0 spiro atoms. The standard InChI is InChI=1S/C11H12Cl2O3/c1-7(6-15-2)16-11-8(5-14)3-9(12)4-10(11)13/h3-5,7H,6H2,1-2H3. The topological polar surface area (TPSA) is 35.5 Å². The summed E-state index contributed by atoms with van der Waals surface area (Å²) in [5, 5.41) is 0.719. The molecular formula is C11H12Cl2O3. The van der Waals surface area contributed by atoms with Crippen LogP contribution in [0.5, 0.6) is 5.75 Å². The van der Waals surface area contributed by atoms with Crippen molar-refractivity contribution in [2.75, 3.05) is 13.7 Å². The Labute approximate surface area is 104 Å². The number of aldehydes is 1. The highest BCUT2D eigenvalue weighted by Crippen LogP contribution is 2.32. The van der Waals surface area contributed by atoms with Crippen LogP contribution in [-0.2, 0) is 4.74 Å². The van der Waals surface area contributed by atoms with E-state index in [0.29, 0.717) is 34.3 Å². The van der Waals surface area contributed by atoms with Crippen molar-refractivity contribution in [3.05, 3.63) is 27.7 Å². The molecule has 1 atom stereocenters. The number of rotatable bonds is 5. The number of carbonyl (C=O) groups excluding carboxylic acids is 1. The van der Waals surface area contributed by atoms with Crippen LogP contribution in [0.1, 0.15) is 17.3 Å². The zero-order valence-electron chi connectivity index (χ0n) is 9.00. The van der Waals surface area contributed by atoms with E-state index in [9.17, 15) is 4.79 Å². The lowest BCUT2D eigenvalue weighted by Crippen LogP contribution is -2.18. The Morgan fingerprint density at radius 3 is 2.69 bits per heavy atom. The van der Waals surface area contributed by atoms with E-state index >= 15 is 0 Å². The Bertz CT molecular complexity index is 380. The van der Waals surface area contributed by atoms with Crippen molar-refractivity contribution < 1.29 is 14.3 Å². The lowest BCUT2D eigenvalue weighted by Gasteiger charge is -2.16. The van der Waals surface area contributed by atoms with Gasteiger partial charge in [-0.05, 0) is 19.1 Å². The summed E-state index contributed by atoms with van der Waals surface area (Å²) in [6, 6.07) is 3.04.